The van der Waals surface area contributed by atoms with Gasteiger partial charge in [0.15, 0.2) is 4.80 Å². The number of carbonyl (C=O) groups is 1. The first-order valence-electron chi connectivity index (χ1n) is 11.0. The van der Waals surface area contributed by atoms with Crippen molar-refractivity contribution in [3.05, 3.63) is 101 Å². The molecule has 4 rings (SSSR count). The zero-order valence-corrected chi connectivity index (χ0v) is 21.8. The van der Waals surface area contributed by atoms with Gasteiger partial charge in [-0.05, 0) is 49.8 Å². The number of benzene rings is 2. The molecule has 2 heterocycles. The van der Waals surface area contributed by atoms with E-state index in [0.717, 1.165) is 11.3 Å². The highest BCUT2D eigenvalue weighted by Crippen LogP contribution is 2.33. The van der Waals surface area contributed by atoms with Gasteiger partial charge in [0.25, 0.3) is 5.56 Å². The summed E-state index contributed by atoms with van der Waals surface area (Å²) < 4.78 is 12.6. The standard InChI is InChI=1S/C26H22Cl2N2O5S/c1-4-10-35-18-8-6-15(7-9-18)22-21(25(33)34-5-2)14(3)29-26-30(22)24(32)20(36-26)12-16-11-17(27)13-19(28)23(16)31/h4,6-9,11-13,22,31H,1,5,10H2,2-3H3/b20-12-/t22-/m0/s1. The summed E-state index contributed by atoms with van der Waals surface area (Å²) in [7, 11) is 0. The topological polar surface area (TPSA) is 90.1 Å². The van der Waals surface area contributed by atoms with Crippen LogP contribution >= 0.6 is 34.5 Å². The number of aromatic hydroxyl groups is 1. The van der Waals surface area contributed by atoms with Gasteiger partial charge in [-0.15, -0.1) is 0 Å². The summed E-state index contributed by atoms with van der Waals surface area (Å²) in [6, 6.07) is 9.26. The fraction of sp³-hybridized carbons (Fsp3) is 0.192. The molecule has 0 fully saturated rings. The van der Waals surface area contributed by atoms with Gasteiger partial charge in [-0.25, -0.2) is 9.79 Å². The van der Waals surface area contributed by atoms with Crippen molar-refractivity contribution in [2.75, 3.05) is 13.2 Å². The van der Waals surface area contributed by atoms with Gasteiger partial charge in [0.1, 0.15) is 18.1 Å². The number of halogens is 2. The van der Waals surface area contributed by atoms with Crippen LogP contribution in [0.15, 0.2) is 70.1 Å². The predicted octanol–water partition coefficient (Wildman–Crippen LogP) is 4.38. The van der Waals surface area contributed by atoms with Crippen LogP contribution in [0.4, 0.5) is 0 Å². The molecule has 0 saturated carbocycles. The molecule has 1 aliphatic heterocycles. The number of esters is 1. The molecule has 2 aromatic carbocycles. The average molecular weight is 545 g/mol. The van der Waals surface area contributed by atoms with Crippen LogP contribution in [0, 0.1) is 0 Å². The molecule has 0 radical (unpaired) electrons. The highest BCUT2D eigenvalue weighted by molar-refractivity contribution is 7.07. The van der Waals surface area contributed by atoms with E-state index in [-0.39, 0.29) is 33.0 Å². The quantitative estimate of drug-likeness (QED) is 0.352. The molecule has 186 valence electrons. The van der Waals surface area contributed by atoms with Crippen LogP contribution in [-0.2, 0) is 9.53 Å². The Balaban J connectivity index is 1.92. The van der Waals surface area contributed by atoms with Gasteiger partial charge in [-0.2, -0.15) is 0 Å². The number of hydrogen-bond acceptors (Lipinski definition) is 7. The van der Waals surface area contributed by atoms with Gasteiger partial charge in [-0.3, -0.25) is 9.36 Å². The van der Waals surface area contributed by atoms with E-state index in [1.807, 2.05) is 0 Å². The number of rotatable bonds is 7. The van der Waals surface area contributed by atoms with E-state index in [1.54, 1.807) is 44.2 Å². The summed E-state index contributed by atoms with van der Waals surface area (Å²) in [6.45, 7) is 7.59. The average Bonchev–Trinajstić information content (AvgIpc) is 3.14. The van der Waals surface area contributed by atoms with Crippen molar-refractivity contribution in [3.63, 3.8) is 0 Å². The largest absolute Gasteiger partial charge is 0.506 e. The number of phenolic OH excluding ortho intramolecular Hbond substituents is 1. The van der Waals surface area contributed by atoms with Crippen LogP contribution in [0.5, 0.6) is 11.5 Å². The van der Waals surface area contributed by atoms with Crippen LogP contribution in [0.25, 0.3) is 6.08 Å². The van der Waals surface area contributed by atoms with Gasteiger partial charge < -0.3 is 14.6 Å². The lowest BCUT2D eigenvalue weighted by molar-refractivity contribution is -0.139. The second-order valence-corrected chi connectivity index (χ2v) is 9.65. The summed E-state index contributed by atoms with van der Waals surface area (Å²) in [5.74, 6) is -0.121. The summed E-state index contributed by atoms with van der Waals surface area (Å²) in [4.78, 5) is 31.6. The number of phenols is 1. The Kier molecular flexibility index (Phi) is 7.68. The minimum Gasteiger partial charge on any atom is -0.506 e. The Hall–Kier alpha value is -3.33. The Morgan fingerprint density at radius 2 is 2.00 bits per heavy atom. The molecule has 36 heavy (non-hydrogen) atoms. The van der Waals surface area contributed by atoms with Crippen molar-refractivity contribution in [2.45, 2.75) is 19.9 Å². The second-order valence-electron chi connectivity index (χ2n) is 7.80. The lowest BCUT2D eigenvalue weighted by atomic mass is 9.96. The Labute approximate surface area is 220 Å². The van der Waals surface area contributed by atoms with Crippen LogP contribution in [0.3, 0.4) is 0 Å². The highest BCUT2D eigenvalue weighted by Gasteiger charge is 2.33. The molecule has 0 saturated heterocycles. The SMILES string of the molecule is C=CCOc1ccc([C@H]2C(C(=O)OCC)=C(C)N=c3s/c(=C\c4cc(Cl)cc(Cl)c4O)c(=O)n32)cc1. The Morgan fingerprint density at radius 1 is 1.28 bits per heavy atom. The van der Waals surface area contributed by atoms with Crippen LogP contribution in [0.2, 0.25) is 10.0 Å². The van der Waals surface area contributed by atoms with Gasteiger partial charge in [0.2, 0.25) is 0 Å². The molecule has 1 N–H and O–H groups in total. The third-order valence-electron chi connectivity index (χ3n) is 5.42. The molecule has 0 aliphatic carbocycles. The van der Waals surface area contributed by atoms with Gasteiger partial charge in [0.05, 0.1) is 33.5 Å². The van der Waals surface area contributed by atoms with E-state index in [9.17, 15) is 14.7 Å². The van der Waals surface area contributed by atoms with Crippen LogP contribution in [0.1, 0.15) is 31.0 Å². The lowest BCUT2D eigenvalue weighted by Crippen LogP contribution is -2.39. The van der Waals surface area contributed by atoms with E-state index in [1.165, 1.54) is 22.8 Å². The van der Waals surface area contributed by atoms with E-state index in [4.69, 9.17) is 32.7 Å². The molecule has 0 spiro atoms. The van der Waals surface area contributed by atoms with E-state index < -0.39 is 12.0 Å². The minimum absolute atomic E-state index is 0.0682. The molecule has 1 aromatic heterocycles. The molecule has 10 heteroatoms. The maximum absolute atomic E-state index is 13.6. The lowest BCUT2D eigenvalue weighted by Gasteiger charge is -2.24. The van der Waals surface area contributed by atoms with E-state index in [2.05, 4.69) is 11.6 Å². The van der Waals surface area contributed by atoms with Crippen molar-refractivity contribution in [1.82, 2.24) is 4.57 Å². The number of hydrogen-bond donors (Lipinski definition) is 1. The fourth-order valence-corrected chi connectivity index (χ4v) is 5.39. The summed E-state index contributed by atoms with van der Waals surface area (Å²) >= 11 is 13.3. The molecular weight excluding hydrogens is 523 g/mol. The third kappa shape index (κ3) is 4.97. The monoisotopic (exact) mass is 544 g/mol. The molecule has 1 aliphatic rings. The minimum atomic E-state index is -0.771. The summed E-state index contributed by atoms with van der Waals surface area (Å²) in [5.41, 5.74) is 1.30. The molecular formula is C26H22Cl2N2O5S. The van der Waals surface area contributed by atoms with E-state index >= 15 is 0 Å². The summed E-state index contributed by atoms with van der Waals surface area (Å²) in [6.07, 6.45) is 3.14. The number of ether oxygens (including phenoxy) is 2. The van der Waals surface area contributed by atoms with Crippen molar-refractivity contribution < 1.29 is 19.4 Å². The van der Waals surface area contributed by atoms with Crippen molar-refractivity contribution in [1.29, 1.82) is 0 Å². The number of carbonyl (C=O) groups excluding carboxylic acids is 1. The smallest absolute Gasteiger partial charge is 0.338 e. The van der Waals surface area contributed by atoms with Gasteiger partial charge >= 0.3 is 5.97 Å². The highest BCUT2D eigenvalue weighted by atomic mass is 35.5. The van der Waals surface area contributed by atoms with Gasteiger partial charge in [0, 0.05) is 10.6 Å². The van der Waals surface area contributed by atoms with Crippen molar-refractivity contribution in [3.8, 4) is 11.5 Å². The molecule has 0 amide bonds. The fourth-order valence-electron chi connectivity index (χ4n) is 3.85. The Bertz CT molecular complexity index is 1550. The normalized spacial score (nSPS) is 15.3. The third-order valence-corrected chi connectivity index (χ3v) is 6.91. The van der Waals surface area contributed by atoms with Crippen molar-refractivity contribution in [2.24, 2.45) is 4.99 Å². The Morgan fingerprint density at radius 3 is 2.67 bits per heavy atom. The molecule has 1 atom stereocenters. The first kappa shape index (κ1) is 25.8. The molecule has 0 unspecified atom stereocenters. The van der Waals surface area contributed by atoms with E-state index in [0.29, 0.717) is 39.0 Å². The first-order valence-corrected chi connectivity index (χ1v) is 12.5. The van der Waals surface area contributed by atoms with Gasteiger partial charge in [-0.1, -0.05) is 59.3 Å². The predicted molar refractivity (Wildman–Crippen MR) is 141 cm³/mol. The van der Waals surface area contributed by atoms with Crippen LogP contribution in [-0.4, -0.2) is 28.9 Å². The molecule has 3 aromatic rings. The first-order chi connectivity index (χ1) is 17.2. The van der Waals surface area contributed by atoms with Crippen molar-refractivity contribution >= 4 is 46.6 Å². The van der Waals surface area contributed by atoms with Crippen LogP contribution < -0.4 is 19.6 Å². The number of fused-ring (bicyclic) bond motifs is 1. The number of allylic oxidation sites excluding steroid dienone is 1. The molecule has 7 nitrogen and oxygen atoms in total. The molecule has 0 bridgehead atoms. The number of thiazole rings is 1. The maximum Gasteiger partial charge on any atom is 0.338 e. The maximum atomic E-state index is 13.6. The number of nitrogens with zero attached hydrogens (tertiary/aromatic N) is 2. The number of aromatic nitrogens is 1. The second kappa shape index (κ2) is 10.7. The zero-order chi connectivity index (χ0) is 26.0. The summed E-state index contributed by atoms with van der Waals surface area (Å²) in [5, 5.41) is 10.8. The zero-order valence-electron chi connectivity index (χ0n) is 19.5.